The molecule has 0 saturated heterocycles. The fourth-order valence-corrected chi connectivity index (χ4v) is 4.54. The van der Waals surface area contributed by atoms with Gasteiger partial charge in [0.2, 0.25) is 21.9 Å². The monoisotopic (exact) mass is 547 g/mol. The zero-order valence-corrected chi connectivity index (χ0v) is 22.0. The van der Waals surface area contributed by atoms with Crippen LogP contribution in [0.15, 0.2) is 36.7 Å². The fraction of sp³-hybridized carbons (Fsp3) is 0.375. The Morgan fingerprint density at radius 3 is 2.39 bits per heavy atom. The summed E-state index contributed by atoms with van der Waals surface area (Å²) in [5.74, 6) is -2.46. The van der Waals surface area contributed by atoms with Gasteiger partial charge in [0.25, 0.3) is 0 Å². The molecule has 204 valence electrons. The molecule has 12 nitrogen and oxygen atoms in total. The number of sulfonamides is 1. The molecule has 2 N–H and O–H groups in total. The molecule has 0 fully saturated rings. The van der Waals surface area contributed by atoms with Crippen molar-refractivity contribution in [3.63, 3.8) is 0 Å². The van der Waals surface area contributed by atoms with Crippen LogP contribution in [0.25, 0.3) is 17.3 Å². The Balaban J connectivity index is 2.22. The average molecular weight is 548 g/mol. The molecule has 2 atom stereocenters. The van der Waals surface area contributed by atoms with Gasteiger partial charge in [0.15, 0.2) is 0 Å². The highest BCUT2D eigenvalue weighted by molar-refractivity contribution is 7.92. The van der Waals surface area contributed by atoms with E-state index in [9.17, 15) is 32.9 Å². The normalized spacial score (nSPS) is 13.7. The molecule has 38 heavy (non-hydrogen) atoms. The van der Waals surface area contributed by atoms with Gasteiger partial charge in [-0.25, -0.2) is 27.5 Å². The molecule has 2 heterocycles. The Kier molecular flexibility index (Phi) is 8.91. The Hall–Kier alpha value is -3.75. The van der Waals surface area contributed by atoms with E-state index < -0.39 is 40.4 Å². The highest BCUT2D eigenvalue weighted by Crippen LogP contribution is 2.33. The molecule has 0 aliphatic carbocycles. The lowest BCUT2D eigenvalue weighted by atomic mass is 9.97. The molecule has 2 unspecified atom stereocenters. The maximum atomic E-state index is 13.7. The third-order valence-corrected chi connectivity index (χ3v) is 6.40. The van der Waals surface area contributed by atoms with Crippen LogP contribution in [0.1, 0.15) is 43.9 Å². The number of hydrogen-bond acceptors (Lipinski definition) is 10. The van der Waals surface area contributed by atoms with Crippen LogP contribution in [0.5, 0.6) is 0 Å². The molecule has 0 spiro atoms. The van der Waals surface area contributed by atoms with Crippen molar-refractivity contribution in [1.29, 1.82) is 0 Å². The average Bonchev–Trinajstić information content (AvgIpc) is 3.21. The summed E-state index contributed by atoms with van der Waals surface area (Å²) in [5, 5.41) is 34.8. The van der Waals surface area contributed by atoms with Crippen LogP contribution in [-0.2, 0) is 21.9 Å². The molecule has 2 aromatic heterocycles. The number of aromatic nitrogens is 5. The van der Waals surface area contributed by atoms with Gasteiger partial charge in [0.05, 0.1) is 29.9 Å². The van der Waals surface area contributed by atoms with Crippen LogP contribution in [0.4, 0.5) is 16.3 Å². The summed E-state index contributed by atoms with van der Waals surface area (Å²) in [7, 11) is -2.48. The first kappa shape index (κ1) is 28.8. The quantitative estimate of drug-likeness (QED) is 0.351. The molecule has 3 aromatic rings. The van der Waals surface area contributed by atoms with Gasteiger partial charge < -0.3 is 20.1 Å². The number of aliphatic hydroxyl groups is 2. The summed E-state index contributed by atoms with van der Waals surface area (Å²) >= 11 is 0. The van der Waals surface area contributed by atoms with Crippen LogP contribution >= 0.6 is 0 Å². The van der Waals surface area contributed by atoms with E-state index in [4.69, 9.17) is 0 Å². The number of benzene rings is 1. The van der Waals surface area contributed by atoms with Gasteiger partial charge in [-0.1, -0.05) is 26.0 Å². The van der Waals surface area contributed by atoms with Crippen molar-refractivity contribution in [2.24, 2.45) is 7.05 Å². The Morgan fingerprint density at radius 2 is 1.87 bits per heavy atom. The summed E-state index contributed by atoms with van der Waals surface area (Å²) in [6.45, 7) is 3.65. The summed E-state index contributed by atoms with van der Waals surface area (Å²) in [6.07, 6.45) is 1.55. The Labute approximate surface area is 219 Å². The first-order valence-corrected chi connectivity index (χ1v) is 13.4. The molecular weight excluding hydrogens is 519 g/mol. The number of aliphatic carboxylic acids is 1. The van der Waals surface area contributed by atoms with Gasteiger partial charge in [0, 0.05) is 37.0 Å². The van der Waals surface area contributed by atoms with Gasteiger partial charge in [-0.15, -0.1) is 0 Å². The maximum Gasteiger partial charge on any atom is 0.247 e. The Bertz CT molecular complexity index is 1420. The molecule has 1 aromatic carbocycles. The standard InChI is InChI=1S/C24H29FN6O6S/c1-14(2)21-19(10-9-17(32)11-18(33)12-20(34)35)22(15-5-7-16(25)8-6-15)29-23(28-21)31(38(4,36)37)24-26-13-27-30(24)3/h5-10,13-14,17-18,32-33H,11-12H2,1-4H3,(H,34,35)/p-1. The minimum atomic E-state index is -3.99. The second-order valence-electron chi connectivity index (χ2n) is 8.94. The third-order valence-electron chi connectivity index (χ3n) is 5.41. The molecule has 0 aliphatic rings. The van der Waals surface area contributed by atoms with E-state index >= 15 is 0 Å². The predicted octanol–water partition coefficient (Wildman–Crippen LogP) is 0.897. The van der Waals surface area contributed by atoms with E-state index in [0.29, 0.717) is 16.8 Å². The van der Waals surface area contributed by atoms with Crippen molar-refractivity contribution in [2.75, 3.05) is 10.6 Å². The highest BCUT2D eigenvalue weighted by Gasteiger charge is 2.29. The van der Waals surface area contributed by atoms with Crippen LogP contribution < -0.4 is 9.41 Å². The molecule has 0 amide bonds. The van der Waals surface area contributed by atoms with Gasteiger partial charge in [-0.2, -0.15) is 14.4 Å². The highest BCUT2D eigenvalue weighted by atomic mass is 32.2. The van der Waals surface area contributed by atoms with Crippen LogP contribution in [0, 0.1) is 5.82 Å². The molecule has 0 bridgehead atoms. The van der Waals surface area contributed by atoms with Crippen LogP contribution in [-0.4, -0.2) is 67.8 Å². The maximum absolute atomic E-state index is 13.7. The number of rotatable bonds is 11. The van der Waals surface area contributed by atoms with Crippen molar-refractivity contribution in [1.82, 2.24) is 24.7 Å². The van der Waals surface area contributed by atoms with Crippen LogP contribution in [0.2, 0.25) is 0 Å². The molecule has 14 heteroatoms. The number of carbonyl (C=O) groups is 1. The number of hydrogen-bond donors (Lipinski definition) is 2. The summed E-state index contributed by atoms with van der Waals surface area (Å²) in [4.78, 5) is 23.8. The minimum absolute atomic E-state index is 0.0483. The zero-order chi connectivity index (χ0) is 28.2. The SMILES string of the molecule is CC(C)c1nc(N(c2ncnn2C)S(C)(=O)=O)nc(-c2ccc(F)cc2)c1C=CC(O)CC(O)CC(=O)[O-]. The number of carbonyl (C=O) groups excluding carboxylic acids is 1. The second kappa shape index (κ2) is 11.8. The van der Waals surface area contributed by atoms with Crippen molar-refractivity contribution in [2.45, 2.75) is 44.8 Å². The van der Waals surface area contributed by atoms with E-state index in [1.165, 1.54) is 54.5 Å². The van der Waals surface area contributed by atoms with E-state index in [2.05, 4.69) is 20.1 Å². The molecule has 3 rings (SSSR count). The lowest BCUT2D eigenvalue weighted by molar-refractivity contribution is -0.307. The first-order valence-electron chi connectivity index (χ1n) is 11.5. The van der Waals surface area contributed by atoms with E-state index in [1.54, 1.807) is 0 Å². The largest absolute Gasteiger partial charge is 0.550 e. The lowest BCUT2D eigenvalue weighted by Gasteiger charge is -2.22. The van der Waals surface area contributed by atoms with Crippen molar-refractivity contribution in [3.8, 4) is 11.3 Å². The minimum Gasteiger partial charge on any atom is -0.550 e. The van der Waals surface area contributed by atoms with Crippen molar-refractivity contribution in [3.05, 3.63) is 53.7 Å². The van der Waals surface area contributed by atoms with Crippen molar-refractivity contribution >= 4 is 34.0 Å². The molecule has 0 radical (unpaired) electrons. The van der Waals surface area contributed by atoms with Crippen molar-refractivity contribution < 1.29 is 32.9 Å². The summed E-state index contributed by atoms with van der Waals surface area (Å²) < 4.78 is 41.5. The Morgan fingerprint density at radius 1 is 1.21 bits per heavy atom. The lowest BCUT2D eigenvalue weighted by Crippen LogP contribution is -2.30. The predicted molar refractivity (Wildman–Crippen MR) is 135 cm³/mol. The number of aryl methyl sites for hydroxylation is 1. The number of aliphatic hydroxyl groups excluding tert-OH is 2. The van der Waals surface area contributed by atoms with Crippen LogP contribution in [0.3, 0.4) is 0 Å². The number of anilines is 2. The molecule has 0 saturated carbocycles. The fourth-order valence-electron chi connectivity index (χ4n) is 3.70. The number of carboxylic acids is 1. The van der Waals surface area contributed by atoms with E-state index in [0.717, 1.165) is 10.6 Å². The smallest absolute Gasteiger partial charge is 0.247 e. The molecule has 0 aliphatic heterocycles. The summed E-state index contributed by atoms with van der Waals surface area (Å²) in [6, 6.07) is 5.38. The number of carboxylic acid groups (broad SMARTS) is 1. The van der Waals surface area contributed by atoms with Gasteiger partial charge in [-0.3, -0.25) is 0 Å². The zero-order valence-electron chi connectivity index (χ0n) is 21.2. The topological polar surface area (TPSA) is 174 Å². The third kappa shape index (κ3) is 6.96. The van der Waals surface area contributed by atoms with E-state index in [-0.39, 0.29) is 29.9 Å². The van der Waals surface area contributed by atoms with Gasteiger partial charge in [-0.05, 0) is 30.2 Å². The summed E-state index contributed by atoms with van der Waals surface area (Å²) in [5.41, 5.74) is 1.50. The van der Waals surface area contributed by atoms with Gasteiger partial charge in [0.1, 0.15) is 12.1 Å². The first-order chi connectivity index (χ1) is 17.8. The van der Waals surface area contributed by atoms with E-state index in [1.807, 2.05) is 13.8 Å². The van der Waals surface area contributed by atoms with Gasteiger partial charge >= 0.3 is 0 Å². The second-order valence-corrected chi connectivity index (χ2v) is 10.8. The number of halogens is 1. The molecular formula is C24H28FN6O6S-. The number of nitrogens with zero attached hydrogens (tertiary/aromatic N) is 6.